The molecule has 0 saturated carbocycles. The second-order valence-electron chi connectivity index (χ2n) is 4.83. The number of rotatable bonds is 8. The molecule has 1 saturated heterocycles. The highest BCUT2D eigenvalue weighted by molar-refractivity contribution is 7.89. The van der Waals surface area contributed by atoms with Crippen LogP contribution < -0.4 is 10.1 Å². The van der Waals surface area contributed by atoms with E-state index in [-0.39, 0.29) is 5.75 Å². The molecule has 1 rings (SSSR count). The third-order valence-corrected chi connectivity index (χ3v) is 4.03. The van der Waals surface area contributed by atoms with E-state index in [9.17, 15) is 8.42 Å². The first kappa shape index (κ1) is 15.8. The first-order valence-electron chi connectivity index (χ1n) is 6.56. The minimum Gasteiger partial charge on any atom is -0.379 e. The van der Waals surface area contributed by atoms with Crippen molar-refractivity contribution in [3.63, 3.8) is 0 Å². The molecule has 6 nitrogen and oxygen atoms in total. The van der Waals surface area contributed by atoms with E-state index in [0.29, 0.717) is 38.8 Å². The predicted molar refractivity (Wildman–Crippen MR) is 71.7 cm³/mol. The van der Waals surface area contributed by atoms with E-state index in [1.165, 1.54) is 0 Å². The Morgan fingerprint density at radius 1 is 1.22 bits per heavy atom. The van der Waals surface area contributed by atoms with E-state index in [4.69, 9.17) is 4.74 Å². The minimum atomic E-state index is -3.19. The molecule has 0 aromatic heterocycles. The lowest BCUT2D eigenvalue weighted by atomic mass is 10.3. The monoisotopic (exact) mass is 279 g/mol. The molecule has 0 amide bonds. The van der Waals surface area contributed by atoms with Crippen LogP contribution in [0.25, 0.3) is 0 Å². The smallest absolute Gasteiger partial charge is 0.224 e. The summed E-state index contributed by atoms with van der Waals surface area (Å²) in [6.07, 6.45) is 1.56. The highest BCUT2D eigenvalue weighted by atomic mass is 32.2. The molecule has 0 unspecified atom stereocenters. The minimum absolute atomic E-state index is 0.185. The summed E-state index contributed by atoms with van der Waals surface area (Å²) in [5.74, 6) is 0.185. The van der Waals surface area contributed by atoms with Gasteiger partial charge in [-0.1, -0.05) is 13.8 Å². The molecule has 108 valence electrons. The Balaban J connectivity index is 2.14. The molecule has 0 radical (unpaired) electrons. The SMILES string of the molecule is CC(C)NCCCCS(=O)(=O)NN1CCOCC1. The molecular weight excluding hydrogens is 254 g/mol. The van der Waals surface area contributed by atoms with Gasteiger partial charge in [0, 0.05) is 19.1 Å². The van der Waals surface area contributed by atoms with Gasteiger partial charge in [-0.15, -0.1) is 4.83 Å². The summed E-state index contributed by atoms with van der Waals surface area (Å²) in [5, 5.41) is 4.98. The molecule has 2 N–H and O–H groups in total. The Hall–Kier alpha value is -0.210. The fraction of sp³-hybridized carbons (Fsp3) is 1.00. The zero-order valence-corrected chi connectivity index (χ0v) is 12.1. The average molecular weight is 279 g/mol. The molecule has 0 aliphatic carbocycles. The number of unbranched alkanes of at least 4 members (excludes halogenated alkanes) is 1. The van der Waals surface area contributed by atoms with E-state index >= 15 is 0 Å². The van der Waals surface area contributed by atoms with E-state index in [0.717, 1.165) is 13.0 Å². The lowest BCUT2D eigenvalue weighted by Gasteiger charge is -2.26. The summed E-state index contributed by atoms with van der Waals surface area (Å²) in [7, 11) is -3.19. The largest absolute Gasteiger partial charge is 0.379 e. The second kappa shape index (κ2) is 8.06. The van der Waals surface area contributed by atoms with Crippen LogP contribution in [0.4, 0.5) is 0 Å². The average Bonchev–Trinajstić information content (AvgIpc) is 2.28. The summed E-state index contributed by atoms with van der Waals surface area (Å²) >= 11 is 0. The fourth-order valence-corrected chi connectivity index (χ4v) is 2.96. The third kappa shape index (κ3) is 7.27. The van der Waals surface area contributed by atoms with Crippen LogP contribution >= 0.6 is 0 Å². The van der Waals surface area contributed by atoms with E-state index in [1.807, 2.05) is 0 Å². The van der Waals surface area contributed by atoms with Gasteiger partial charge < -0.3 is 10.1 Å². The number of hydrogen-bond donors (Lipinski definition) is 2. The van der Waals surface area contributed by atoms with E-state index < -0.39 is 10.0 Å². The van der Waals surface area contributed by atoms with Crippen LogP contribution in [0.1, 0.15) is 26.7 Å². The summed E-state index contributed by atoms with van der Waals surface area (Å²) in [4.78, 5) is 2.60. The normalized spacial score (nSPS) is 18.4. The Bertz CT molecular complexity index is 313. The maximum Gasteiger partial charge on any atom is 0.224 e. The number of hydrazine groups is 1. The van der Waals surface area contributed by atoms with Crippen LogP contribution in [-0.4, -0.2) is 58.1 Å². The summed E-state index contributed by atoms with van der Waals surface area (Å²) in [6, 6.07) is 0.452. The molecule has 0 bridgehead atoms. The zero-order valence-electron chi connectivity index (χ0n) is 11.3. The van der Waals surface area contributed by atoms with Gasteiger partial charge in [0.15, 0.2) is 0 Å². The summed E-state index contributed by atoms with van der Waals surface area (Å²) < 4.78 is 28.7. The van der Waals surface area contributed by atoms with Crippen molar-refractivity contribution in [1.29, 1.82) is 0 Å². The Kier molecular flexibility index (Phi) is 7.10. The van der Waals surface area contributed by atoms with Crippen LogP contribution in [0.5, 0.6) is 0 Å². The molecule has 0 aromatic rings. The number of nitrogens with one attached hydrogen (secondary N) is 2. The molecule has 0 spiro atoms. The lowest BCUT2D eigenvalue weighted by molar-refractivity contribution is 0.0272. The molecule has 7 heteroatoms. The van der Waals surface area contributed by atoms with Gasteiger partial charge >= 0.3 is 0 Å². The van der Waals surface area contributed by atoms with E-state index in [2.05, 4.69) is 24.0 Å². The maximum absolute atomic E-state index is 11.8. The van der Waals surface area contributed by atoms with Gasteiger partial charge in [-0.2, -0.15) is 0 Å². The second-order valence-corrected chi connectivity index (χ2v) is 6.65. The third-order valence-electron chi connectivity index (χ3n) is 2.67. The van der Waals surface area contributed by atoms with Crippen molar-refractivity contribution in [1.82, 2.24) is 15.2 Å². The van der Waals surface area contributed by atoms with Gasteiger partial charge in [-0.3, -0.25) is 0 Å². The Labute approximate surface area is 110 Å². The van der Waals surface area contributed by atoms with Gasteiger partial charge in [0.1, 0.15) is 0 Å². The maximum atomic E-state index is 11.8. The first-order chi connectivity index (χ1) is 8.49. The first-order valence-corrected chi connectivity index (χ1v) is 8.21. The number of nitrogens with zero attached hydrogens (tertiary/aromatic N) is 1. The number of sulfonamides is 1. The summed E-state index contributed by atoms with van der Waals surface area (Å²) in [5.41, 5.74) is 0. The van der Waals surface area contributed by atoms with Crippen LogP contribution in [0.15, 0.2) is 0 Å². The van der Waals surface area contributed by atoms with Crippen LogP contribution in [0, 0.1) is 0 Å². The molecule has 1 aliphatic rings. The number of ether oxygens (including phenoxy) is 1. The molecule has 1 fully saturated rings. The molecule has 1 aliphatic heterocycles. The van der Waals surface area contributed by atoms with Gasteiger partial charge in [-0.25, -0.2) is 13.4 Å². The number of hydrogen-bond acceptors (Lipinski definition) is 5. The summed E-state index contributed by atoms with van der Waals surface area (Å²) in [6.45, 7) is 7.43. The van der Waals surface area contributed by atoms with Gasteiger partial charge in [0.2, 0.25) is 10.0 Å². The fourth-order valence-electron chi connectivity index (χ4n) is 1.70. The van der Waals surface area contributed by atoms with Gasteiger partial charge in [-0.05, 0) is 19.4 Å². The zero-order chi connectivity index (χ0) is 13.4. The molecule has 18 heavy (non-hydrogen) atoms. The van der Waals surface area contributed by atoms with Crippen LogP contribution in [-0.2, 0) is 14.8 Å². The molecule has 0 aromatic carbocycles. The topological polar surface area (TPSA) is 70.7 Å². The quantitative estimate of drug-likeness (QED) is 0.609. The standard InChI is InChI=1S/C11H25N3O3S/c1-11(2)12-5-3-4-10-18(15,16)13-14-6-8-17-9-7-14/h11-13H,3-10H2,1-2H3. The Morgan fingerprint density at radius 2 is 1.89 bits per heavy atom. The molecule has 0 atom stereocenters. The molecule has 1 heterocycles. The van der Waals surface area contributed by atoms with Crippen LogP contribution in [0.3, 0.4) is 0 Å². The van der Waals surface area contributed by atoms with E-state index in [1.54, 1.807) is 5.01 Å². The lowest BCUT2D eigenvalue weighted by Crippen LogP contribution is -2.48. The van der Waals surface area contributed by atoms with Crippen LogP contribution in [0.2, 0.25) is 0 Å². The Morgan fingerprint density at radius 3 is 2.50 bits per heavy atom. The van der Waals surface area contributed by atoms with Crippen molar-refractivity contribution in [2.45, 2.75) is 32.7 Å². The van der Waals surface area contributed by atoms with Crippen molar-refractivity contribution in [2.75, 3.05) is 38.6 Å². The van der Waals surface area contributed by atoms with Gasteiger partial charge in [0.05, 0.1) is 19.0 Å². The van der Waals surface area contributed by atoms with Crippen molar-refractivity contribution < 1.29 is 13.2 Å². The van der Waals surface area contributed by atoms with Crippen molar-refractivity contribution in [2.24, 2.45) is 0 Å². The van der Waals surface area contributed by atoms with Crippen molar-refractivity contribution in [3.05, 3.63) is 0 Å². The highest BCUT2D eigenvalue weighted by Gasteiger charge is 2.17. The van der Waals surface area contributed by atoms with Gasteiger partial charge in [0.25, 0.3) is 0 Å². The van der Waals surface area contributed by atoms with Crippen molar-refractivity contribution >= 4 is 10.0 Å². The molecular formula is C11H25N3O3S. The van der Waals surface area contributed by atoms with Crippen molar-refractivity contribution in [3.8, 4) is 0 Å². The number of morpholine rings is 1. The predicted octanol–water partition coefficient (Wildman–Crippen LogP) is -0.0688. The highest BCUT2D eigenvalue weighted by Crippen LogP contribution is 1.99.